The van der Waals surface area contributed by atoms with Crippen LogP contribution in [-0.2, 0) is 0 Å². The monoisotopic (exact) mass is 333 g/mol. The van der Waals surface area contributed by atoms with Gasteiger partial charge in [-0.1, -0.05) is 0 Å². The summed E-state index contributed by atoms with van der Waals surface area (Å²) < 4.78 is 1.69. The van der Waals surface area contributed by atoms with Crippen molar-refractivity contribution in [1.29, 1.82) is 0 Å². The number of pyridine rings is 1. The molecule has 1 aromatic carbocycles. The van der Waals surface area contributed by atoms with Crippen molar-refractivity contribution < 1.29 is 4.79 Å². The van der Waals surface area contributed by atoms with Gasteiger partial charge in [-0.15, -0.1) is 11.3 Å². The van der Waals surface area contributed by atoms with Gasteiger partial charge < -0.3 is 5.32 Å². The first-order chi connectivity index (χ1) is 9.22. The summed E-state index contributed by atoms with van der Waals surface area (Å²) in [4.78, 5) is 20.3. The molecule has 0 aliphatic heterocycles. The van der Waals surface area contributed by atoms with E-state index in [4.69, 9.17) is 0 Å². The van der Waals surface area contributed by atoms with E-state index in [2.05, 4.69) is 31.2 Å². The fourth-order valence-electron chi connectivity index (χ4n) is 1.68. The largest absolute Gasteiger partial charge is 0.322 e. The Labute approximate surface area is 121 Å². The highest BCUT2D eigenvalue weighted by molar-refractivity contribution is 9.10. The number of benzene rings is 1. The summed E-state index contributed by atoms with van der Waals surface area (Å²) in [7, 11) is 0. The zero-order valence-electron chi connectivity index (χ0n) is 9.63. The maximum Gasteiger partial charge on any atom is 0.255 e. The number of anilines is 1. The van der Waals surface area contributed by atoms with E-state index in [-0.39, 0.29) is 5.91 Å². The molecular formula is C13H8BrN3OS. The van der Waals surface area contributed by atoms with Crippen LogP contribution in [0.1, 0.15) is 10.4 Å². The van der Waals surface area contributed by atoms with Crippen LogP contribution in [0.4, 0.5) is 5.69 Å². The molecular weight excluding hydrogens is 326 g/mol. The van der Waals surface area contributed by atoms with Crippen molar-refractivity contribution in [2.24, 2.45) is 0 Å². The van der Waals surface area contributed by atoms with E-state index in [0.717, 1.165) is 15.9 Å². The fourth-order valence-corrected chi connectivity index (χ4v) is 2.76. The van der Waals surface area contributed by atoms with E-state index in [9.17, 15) is 4.79 Å². The molecule has 19 heavy (non-hydrogen) atoms. The minimum absolute atomic E-state index is 0.160. The van der Waals surface area contributed by atoms with Gasteiger partial charge in [0.05, 0.1) is 15.7 Å². The lowest BCUT2D eigenvalue weighted by atomic mass is 10.2. The molecule has 4 nitrogen and oxygen atoms in total. The van der Waals surface area contributed by atoms with Crippen molar-refractivity contribution >= 4 is 49.1 Å². The molecule has 1 N–H and O–H groups in total. The summed E-state index contributed by atoms with van der Waals surface area (Å²) in [6.07, 6.45) is 1.59. The third-order valence-electron chi connectivity index (χ3n) is 2.58. The average Bonchev–Trinajstić information content (AvgIpc) is 2.86. The Hall–Kier alpha value is -1.79. The quantitative estimate of drug-likeness (QED) is 0.727. The molecule has 6 heteroatoms. The summed E-state index contributed by atoms with van der Waals surface area (Å²) in [5.41, 5.74) is 4.05. The molecule has 0 aliphatic carbocycles. The molecule has 94 valence electrons. The molecule has 3 rings (SSSR count). The van der Waals surface area contributed by atoms with Crippen LogP contribution in [0.3, 0.4) is 0 Å². The van der Waals surface area contributed by atoms with E-state index in [1.165, 1.54) is 0 Å². The smallest absolute Gasteiger partial charge is 0.255 e. The predicted molar refractivity (Wildman–Crippen MR) is 79.5 cm³/mol. The number of nitrogens with zero attached hydrogens (tertiary/aromatic N) is 2. The molecule has 0 spiro atoms. The standard InChI is InChI=1S/C13H8BrN3OS/c14-12-5-8(3-4-15-12)13(18)17-9-1-2-10-11(6-9)19-7-16-10/h1-7H,(H,17,18). The molecule has 0 saturated carbocycles. The normalized spacial score (nSPS) is 10.6. The van der Waals surface area contributed by atoms with Crippen molar-refractivity contribution in [3.63, 3.8) is 0 Å². The second-order valence-electron chi connectivity index (χ2n) is 3.86. The van der Waals surface area contributed by atoms with Crippen molar-refractivity contribution in [1.82, 2.24) is 9.97 Å². The lowest BCUT2D eigenvalue weighted by Gasteiger charge is -2.05. The number of thiazole rings is 1. The average molecular weight is 334 g/mol. The Morgan fingerprint density at radius 1 is 1.21 bits per heavy atom. The first-order valence-corrected chi connectivity index (χ1v) is 7.16. The van der Waals surface area contributed by atoms with Gasteiger partial charge >= 0.3 is 0 Å². The number of carbonyl (C=O) groups excluding carboxylic acids is 1. The summed E-state index contributed by atoms with van der Waals surface area (Å²) in [5.74, 6) is -0.160. The maximum atomic E-state index is 12.1. The third kappa shape index (κ3) is 2.64. The number of hydrogen-bond donors (Lipinski definition) is 1. The number of halogens is 1. The second kappa shape index (κ2) is 5.07. The number of hydrogen-bond acceptors (Lipinski definition) is 4. The lowest BCUT2D eigenvalue weighted by molar-refractivity contribution is 0.102. The number of fused-ring (bicyclic) bond motifs is 1. The van der Waals surface area contributed by atoms with E-state index < -0.39 is 0 Å². The van der Waals surface area contributed by atoms with Gasteiger partial charge in [0, 0.05) is 17.4 Å². The van der Waals surface area contributed by atoms with Gasteiger partial charge in [0.25, 0.3) is 5.91 Å². The Balaban J connectivity index is 1.86. The molecule has 0 radical (unpaired) electrons. The van der Waals surface area contributed by atoms with Gasteiger partial charge in [-0.3, -0.25) is 4.79 Å². The molecule has 1 amide bonds. The summed E-state index contributed by atoms with van der Waals surface area (Å²) in [5, 5.41) is 2.86. The minimum Gasteiger partial charge on any atom is -0.322 e. The van der Waals surface area contributed by atoms with Crippen molar-refractivity contribution in [3.05, 3.63) is 52.2 Å². The van der Waals surface area contributed by atoms with Crippen molar-refractivity contribution in [2.75, 3.05) is 5.32 Å². The first kappa shape index (κ1) is 12.3. The lowest BCUT2D eigenvalue weighted by Crippen LogP contribution is -2.11. The Bertz CT molecular complexity index is 756. The van der Waals surface area contributed by atoms with Crippen LogP contribution in [0, 0.1) is 0 Å². The van der Waals surface area contributed by atoms with Gasteiger partial charge in [0.1, 0.15) is 4.60 Å². The van der Waals surface area contributed by atoms with Crippen molar-refractivity contribution in [3.8, 4) is 0 Å². The number of aromatic nitrogens is 2. The van der Waals surface area contributed by atoms with Crippen molar-refractivity contribution in [2.45, 2.75) is 0 Å². The van der Waals surface area contributed by atoms with E-state index in [0.29, 0.717) is 10.2 Å². The van der Waals surface area contributed by atoms with Gasteiger partial charge in [-0.25, -0.2) is 9.97 Å². The SMILES string of the molecule is O=C(Nc1ccc2ncsc2c1)c1ccnc(Br)c1. The molecule has 0 fully saturated rings. The molecule has 0 unspecified atom stereocenters. The van der Waals surface area contributed by atoms with Gasteiger partial charge in [0.15, 0.2) is 0 Å². The molecule has 0 atom stereocenters. The second-order valence-corrected chi connectivity index (χ2v) is 5.56. The maximum absolute atomic E-state index is 12.1. The van der Waals surface area contributed by atoms with E-state index in [1.54, 1.807) is 35.2 Å². The van der Waals surface area contributed by atoms with E-state index >= 15 is 0 Å². The summed E-state index contributed by atoms with van der Waals surface area (Å²) >= 11 is 4.79. The molecule has 2 heterocycles. The summed E-state index contributed by atoms with van der Waals surface area (Å²) in [6, 6.07) is 9.01. The van der Waals surface area contributed by atoms with Gasteiger partial charge in [-0.2, -0.15) is 0 Å². The molecule has 2 aromatic heterocycles. The van der Waals surface area contributed by atoms with Crippen LogP contribution in [0.5, 0.6) is 0 Å². The Morgan fingerprint density at radius 2 is 2.11 bits per heavy atom. The molecule has 3 aromatic rings. The fraction of sp³-hybridized carbons (Fsp3) is 0. The Kier molecular flexibility index (Phi) is 3.27. The van der Waals surface area contributed by atoms with Gasteiger partial charge in [-0.05, 0) is 46.3 Å². The number of carbonyl (C=O) groups is 1. The summed E-state index contributed by atoms with van der Waals surface area (Å²) in [6.45, 7) is 0. The highest BCUT2D eigenvalue weighted by Crippen LogP contribution is 2.22. The number of rotatable bonds is 2. The Morgan fingerprint density at radius 3 is 2.95 bits per heavy atom. The zero-order valence-corrected chi connectivity index (χ0v) is 12.0. The predicted octanol–water partition coefficient (Wildman–Crippen LogP) is 3.71. The number of amides is 1. The van der Waals surface area contributed by atoms with Crippen LogP contribution >= 0.6 is 27.3 Å². The van der Waals surface area contributed by atoms with Crippen LogP contribution in [0.2, 0.25) is 0 Å². The van der Waals surface area contributed by atoms with Crippen LogP contribution < -0.4 is 5.32 Å². The first-order valence-electron chi connectivity index (χ1n) is 5.48. The third-order valence-corrected chi connectivity index (χ3v) is 3.80. The molecule has 0 saturated heterocycles. The van der Waals surface area contributed by atoms with E-state index in [1.807, 2.05) is 18.2 Å². The highest BCUT2D eigenvalue weighted by Gasteiger charge is 2.07. The number of nitrogens with one attached hydrogen (secondary N) is 1. The molecule has 0 bridgehead atoms. The minimum atomic E-state index is -0.160. The molecule has 0 aliphatic rings. The van der Waals surface area contributed by atoms with Crippen LogP contribution in [-0.4, -0.2) is 15.9 Å². The highest BCUT2D eigenvalue weighted by atomic mass is 79.9. The topological polar surface area (TPSA) is 54.9 Å². The van der Waals surface area contributed by atoms with Crippen LogP contribution in [0.15, 0.2) is 46.6 Å². The zero-order chi connectivity index (χ0) is 13.2. The van der Waals surface area contributed by atoms with Gasteiger partial charge in [0.2, 0.25) is 0 Å². The van der Waals surface area contributed by atoms with Crippen LogP contribution in [0.25, 0.3) is 10.2 Å².